The lowest BCUT2D eigenvalue weighted by molar-refractivity contribution is 0.0397. The van der Waals surface area contributed by atoms with Gasteiger partial charge in [0, 0.05) is 46.3 Å². The second kappa shape index (κ2) is 11.9. The summed E-state index contributed by atoms with van der Waals surface area (Å²) in [5, 5.41) is 3.49. The van der Waals surface area contributed by atoms with Crippen LogP contribution in [0, 0.1) is 5.92 Å². The van der Waals surface area contributed by atoms with Gasteiger partial charge in [-0.3, -0.25) is 4.99 Å². The molecule has 3 rings (SSSR count). The van der Waals surface area contributed by atoms with Crippen LogP contribution in [0.4, 0.5) is 0 Å². The van der Waals surface area contributed by atoms with E-state index < -0.39 is 0 Å². The van der Waals surface area contributed by atoms with Crippen LogP contribution < -0.4 is 5.32 Å². The molecule has 1 aliphatic carbocycles. The van der Waals surface area contributed by atoms with E-state index in [9.17, 15) is 0 Å². The zero-order chi connectivity index (χ0) is 18.2. The van der Waals surface area contributed by atoms with Crippen molar-refractivity contribution in [1.29, 1.82) is 0 Å². The molecule has 152 valence electrons. The SMILES string of the molecule is CN=C(NCCCOC1CCCc2ccccc21)N1CCC(COC)C1.I. The Morgan fingerprint density at radius 1 is 1.30 bits per heavy atom. The highest BCUT2D eigenvalue weighted by molar-refractivity contribution is 14.0. The predicted octanol–water partition coefficient (Wildman–Crippen LogP) is 3.63. The van der Waals surface area contributed by atoms with Crippen LogP contribution >= 0.6 is 24.0 Å². The quantitative estimate of drug-likeness (QED) is 0.276. The van der Waals surface area contributed by atoms with Crippen LogP contribution in [0.5, 0.6) is 0 Å². The average molecular weight is 487 g/mol. The van der Waals surface area contributed by atoms with E-state index in [0.29, 0.717) is 5.92 Å². The average Bonchev–Trinajstić information content (AvgIpc) is 3.13. The minimum absolute atomic E-state index is 0. The lowest BCUT2D eigenvalue weighted by atomic mass is 9.89. The number of aliphatic imine (C=N–C) groups is 1. The highest BCUT2D eigenvalue weighted by atomic mass is 127. The van der Waals surface area contributed by atoms with Gasteiger partial charge in [-0.25, -0.2) is 0 Å². The molecule has 0 bridgehead atoms. The number of aryl methyl sites for hydroxylation is 1. The number of nitrogens with one attached hydrogen (secondary N) is 1. The fourth-order valence-corrected chi connectivity index (χ4v) is 4.11. The largest absolute Gasteiger partial charge is 0.384 e. The van der Waals surface area contributed by atoms with Crippen LogP contribution in [-0.2, 0) is 15.9 Å². The highest BCUT2D eigenvalue weighted by Gasteiger charge is 2.24. The highest BCUT2D eigenvalue weighted by Crippen LogP contribution is 2.32. The lowest BCUT2D eigenvalue weighted by Gasteiger charge is -2.26. The molecule has 0 radical (unpaired) electrons. The first-order chi connectivity index (χ1) is 12.8. The van der Waals surface area contributed by atoms with Crippen molar-refractivity contribution in [3.8, 4) is 0 Å². The molecule has 6 heteroatoms. The van der Waals surface area contributed by atoms with E-state index in [1.165, 1.54) is 30.4 Å². The van der Waals surface area contributed by atoms with Crippen LogP contribution in [-0.4, -0.2) is 57.9 Å². The number of likely N-dealkylation sites (tertiary alicyclic amines) is 1. The van der Waals surface area contributed by atoms with Crippen molar-refractivity contribution in [3.63, 3.8) is 0 Å². The van der Waals surface area contributed by atoms with Gasteiger partial charge in [-0.15, -0.1) is 24.0 Å². The molecule has 2 aliphatic rings. The Balaban J connectivity index is 0.00000261. The number of ether oxygens (including phenoxy) is 2. The fraction of sp³-hybridized carbons (Fsp3) is 0.667. The molecule has 0 aromatic heterocycles. The molecule has 0 saturated carbocycles. The Hall–Kier alpha value is -0.860. The summed E-state index contributed by atoms with van der Waals surface area (Å²) in [4.78, 5) is 6.77. The van der Waals surface area contributed by atoms with E-state index in [1.807, 2.05) is 7.05 Å². The summed E-state index contributed by atoms with van der Waals surface area (Å²) >= 11 is 0. The number of methoxy groups -OCH3 is 1. The number of rotatable bonds is 7. The minimum atomic E-state index is 0. The summed E-state index contributed by atoms with van der Waals surface area (Å²) in [6, 6.07) is 8.72. The first-order valence-electron chi connectivity index (χ1n) is 9.95. The Morgan fingerprint density at radius 3 is 2.96 bits per heavy atom. The van der Waals surface area contributed by atoms with Crippen LogP contribution in [0.15, 0.2) is 29.3 Å². The number of nitrogens with zero attached hydrogens (tertiary/aromatic N) is 2. The van der Waals surface area contributed by atoms with Crippen LogP contribution in [0.2, 0.25) is 0 Å². The predicted molar refractivity (Wildman–Crippen MR) is 121 cm³/mol. The maximum atomic E-state index is 6.19. The van der Waals surface area contributed by atoms with Gasteiger partial charge >= 0.3 is 0 Å². The monoisotopic (exact) mass is 487 g/mol. The van der Waals surface area contributed by atoms with E-state index >= 15 is 0 Å². The summed E-state index contributed by atoms with van der Waals surface area (Å²) in [6.07, 6.45) is 6.00. The van der Waals surface area contributed by atoms with Crippen molar-refractivity contribution in [2.75, 3.05) is 47.0 Å². The Kier molecular flexibility index (Phi) is 9.86. The number of fused-ring (bicyclic) bond motifs is 1. The van der Waals surface area contributed by atoms with Gasteiger partial charge in [-0.1, -0.05) is 24.3 Å². The van der Waals surface area contributed by atoms with E-state index in [1.54, 1.807) is 7.11 Å². The molecule has 1 aromatic carbocycles. The van der Waals surface area contributed by atoms with Crippen molar-refractivity contribution >= 4 is 29.9 Å². The Labute approximate surface area is 180 Å². The third kappa shape index (κ3) is 6.32. The number of guanidine groups is 1. The van der Waals surface area contributed by atoms with E-state index in [2.05, 4.69) is 39.5 Å². The Bertz CT molecular complexity index is 597. The van der Waals surface area contributed by atoms with Crippen molar-refractivity contribution in [2.24, 2.45) is 10.9 Å². The molecule has 1 aromatic rings. The molecule has 2 unspecified atom stereocenters. The molecular formula is C21H34IN3O2. The fourth-order valence-electron chi connectivity index (χ4n) is 4.11. The summed E-state index contributed by atoms with van der Waals surface area (Å²) in [5.74, 6) is 1.62. The smallest absolute Gasteiger partial charge is 0.193 e. The van der Waals surface area contributed by atoms with Gasteiger partial charge in [-0.2, -0.15) is 0 Å². The molecule has 2 atom stereocenters. The van der Waals surface area contributed by atoms with E-state index in [4.69, 9.17) is 9.47 Å². The minimum Gasteiger partial charge on any atom is -0.384 e. The molecule has 5 nitrogen and oxygen atoms in total. The number of hydrogen-bond acceptors (Lipinski definition) is 3. The summed E-state index contributed by atoms with van der Waals surface area (Å²) < 4.78 is 11.5. The maximum absolute atomic E-state index is 6.19. The third-order valence-electron chi connectivity index (χ3n) is 5.44. The van der Waals surface area contributed by atoms with Crippen molar-refractivity contribution < 1.29 is 9.47 Å². The van der Waals surface area contributed by atoms with Gasteiger partial charge in [0.25, 0.3) is 0 Å². The lowest BCUT2D eigenvalue weighted by Crippen LogP contribution is -2.40. The second-order valence-electron chi connectivity index (χ2n) is 7.33. The third-order valence-corrected chi connectivity index (χ3v) is 5.44. The van der Waals surface area contributed by atoms with E-state index in [0.717, 1.165) is 51.6 Å². The molecule has 1 fully saturated rings. The van der Waals surface area contributed by atoms with Crippen molar-refractivity contribution in [3.05, 3.63) is 35.4 Å². The van der Waals surface area contributed by atoms with Gasteiger partial charge < -0.3 is 19.7 Å². The van der Waals surface area contributed by atoms with Gasteiger partial charge in [0.05, 0.1) is 12.7 Å². The second-order valence-corrected chi connectivity index (χ2v) is 7.33. The molecule has 0 amide bonds. The molecular weight excluding hydrogens is 453 g/mol. The van der Waals surface area contributed by atoms with Crippen molar-refractivity contribution in [1.82, 2.24) is 10.2 Å². The maximum Gasteiger partial charge on any atom is 0.193 e. The van der Waals surface area contributed by atoms with Gasteiger partial charge in [0.2, 0.25) is 0 Å². The van der Waals surface area contributed by atoms with Crippen molar-refractivity contribution in [2.45, 2.75) is 38.2 Å². The Morgan fingerprint density at radius 2 is 2.15 bits per heavy atom. The molecule has 1 heterocycles. The molecule has 0 spiro atoms. The molecule has 1 saturated heterocycles. The standard InChI is InChI=1S/C21H33N3O2.HI/c1-22-21(24-13-11-17(15-24)16-25-2)23-12-6-14-26-20-10-5-8-18-7-3-4-9-19(18)20;/h3-4,7,9,17,20H,5-6,8,10-16H2,1-2H3,(H,22,23);1H. The van der Waals surface area contributed by atoms with Gasteiger partial charge in [0.15, 0.2) is 5.96 Å². The number of benzene rings is 1. The zero-order valence-electron chi connectivity index (χ0n) is 16.7. The summed E-state index contributed by atoms with van der Waals surface area (Å²) in [6.45, 7) is 4.61. The van der Waals surface area contributed by atoms with Gasteiger partial charge in [-0.05, 0) is 43.2 Å². The zero-order valence-corrected chi connectivity index (χ0v) is 19.0. The number of halogens is 1. The van der Waals surface area contributed by atoms with Gasteiger partial charge in [0.1, 0.15) is 0 Å². The normalized spacial score (nSPS) is 22.3. The van der Waals surface area contributed by atoms with Crippen LogP contribution in [0.25, 0.3) is 0 Å². The van der Waals surface area contributed by atoms with E-state index in [-0.39, 0.29) is 30.1 Å². The summed E-state index contributed by atoms with van der Waals surface area (Å²) in [5.41, 5.74) is 2.85. The topological polar surface area (TPSA) is 46.1 Å². The van der Waals surface area contributed by atoms with Crippen LogP contribution in [0.3, 0.4) is 0 Å². The number of hydrogen-bond donors (Lipinski definition) is 1. The first kappa shape index (κ1) is 22.4. The molecule has 1 N–H and O–H groups in total. The first-order valence-corrected chi connectivity index (χ1v) is 9.95. The molecule has 1 aliphatic heterocycles. The summed E-state index contributed by atoms with van der Waals surface area (Å²) in [7, 11) is 3.64. The van der Waals surface area contributed by atoms with Crippen LogP contribution in [0.1, 0.15) is 42.9 Å². The molecule has 27 heavy (non-hydrogen) atoms.